The van der Waals surface area contributed by atoms with Crippen LogP contribution in [0.25, 0.3) is 0 Å². The molecule has 1 N–H and O–H groups in total. The Balaban J connectivity index is 1.29. The van der Waals surface area contributed by atoms with E-state index in [2.05, 4.69) is 15.7 Å². The van der Waals surface area contributed by atoms with Crippen LogP contribution >= 0.6 is 11.6 Å². The molecule has 2 heterocycles. The van der Waals surface area contributed by atoms with Gasteiger partial charge in [0.1, 0.15) is 13.2 Å². The molecule has 0 radical (unpaired) electrons. The molecule has 2 aliphatic heterocycles. The van der Waals surface area contributed by atoms with Crippen molar-refractivity contribution < 1.29 is 17.9 Å². The monoisotopic (exact) mass is 436 g/mol. The summed E-state index contributed by atoms with van der Waals surface area (Å²) in [4.78, 5) is 2.57. The van der Waals surface area contributed by atoms with Gasteiger partial charge in [0, 0.05) is 24.2 Å². The van der Waals surface area contributed by atoms with Gasteiger partial charge >= 0.3 is 0 Å². The molecule has 0 aromatic heterocycles. The number of likely N-dealkylation sites (tertiary alicyclic amines) is 1. The van der Waals surface area contributed by atoms with Crippen LogP contribution in [0, 0.1) is 5.92 Å². The Labute approximate surface area is 176 Å². The normalized spacial score (nSPS) is 18.0. The summed E-state index contributed by atoms with van der Waals surface area (Å²) in [5.41, 5.74) is 1.13. The van der Waals surface area contributed by atoms with E-state index in [0.29, 0.717) is 37.2 Å². The first-order valence-electron chi connectivity index (χ1n) is 9.86. The van der Waals surface area contributed by atoms with Gasteiger partial charge in [-0.05, 0) is 55.6 Å². The average molecular weight is 437 g/mol. The van der Waals surface area contributed by atoms with E-state index in [9.17, 15) is 8.42 Å². The molecule has 0 aliphatic carbocycles. The Morgan fingerprint density at radius 2 is 1.76 bits per heavy atom. The first-order valence-corrected chi connectivity index (χ1v) is 11.7. The van der Waals surface area contributed by atoms with Gasteiger partial charge in [-0.15, -0.1) is 0 Å². The van der Waals surface area contributed by atoms with Crippen molar-refractivity contribution in [2.45, 2.75) is 24.3 Å². The summed E-state index contributed by atoms with van der Waals surface area (Å²) in [6, 6.07) is 12.6. The number of halogens is 1. The van der Waals surface area contributed by atoms with Gasteiger partial charge in [0.2, 0.25) is 10.0 Å². The number of benzene rings is 2. The van der Waals surface area contributed by atoms with Crippen molar-refractivity contribution in [2.24, 2.45) is 5.92 Å². The fourth-order valence-electron chi connectivity index (χ4n) is 3.72. The van der Waals surface area contributed by atoms with E-state index in [1.165, 1.54) is 6.07 Å². The van der Waals surface area contributed by atoms with E-state index in [4.69, 9.17) is 21.1 Å². The van der Waals surface area contributed by atoms with E-state index >= 15 is 0 Å². The Morgan fingerprint density at radius 3 is 2.52 bits per heavy atom. The lowest BCUT2D eigenvalue weighted by molar-refractivity contribution is 0.171. The molecule has 6 nitrogen and oxygen atoms in total. The quantitative estimate of drug-likeness (QED) is 0.752. The van der Waals surface area contributed by atoms with Crippen molar-refractivity contribution in [1.82, 2.24) is 9.62 Å². The molecule has 2 aromatic rings. The molecule has 2 aromatic carbocycles. The molecule has 0 saturated carbocycles. The van der Waals surface area contributed by atoms with Crippen molar-refractivity contribution in [1.29, 1.82) is 0 Å². The van der Waals surface area contributed by atoms with Gasteiger partial charge in [0.25, 0.3) is 0 Å². The van der Waals surface area contributed by atoms with Crippen LogP contribution in [-0.4, -0.2) is 46.2 Å². The van der Waals surface area contributed by atoms with Crippen LogP contribution in [0.5, 0.6) is 11.5 Å². The van der Waals surface area contributed by atoms with Crippen molar-refractivity contribution in [3.8, 4) is 11.5 Å². The zero-order valence-corrected chi connectivity index (χ0v) is 17.7. The minimum absolute atomic E-state index is 0.206. The topological polar surface area (TPSA) is 67.9 Å². The van der Waals surface area contributed by atoms with Crippen LogP contribution in [0.4, 0.5) is 0 Å². The number of rotatable bonds is 6. The molecule has 0 bridgehead atoms. The van der Waals surface area contributed by atoms with Crippen LogP contribution in [0.15, 0.2) is 47.4 Å². The molecule has 1 saturated heterocycles. The minimum atomic E-state index is -3.58. The molecule has 4 rings (SSSR count). The Hall–Kier alpha value is -1.80. The number of sulfonamides is 1. The fourth-order valence-corrected chi connectivity index (χ4v) is 5.04. The maximum Gasteiger partial charge on any atom is 0.240 e. The van der Waals surface area contributed by atoms with Gasteiger partial charge < -0.3 is 9.47 Å². The summed E-state index contributed by atoms with van der Waals surface area (Å²) >= 11 is 6.25. The molecule has 2 aliphatic rings. The third kappa shape index (κ3) is 5.04. The standard InChI is InChI=1S/C21H25ClN2O4S/c22-19-4-2-1-3-17(19)15-24-9-7-16(8-10-24)14-23-29(25,26)18-5-6-20-21(13-18)28-12-11-27-20/h1-6,13,16,23H,7-12,14-15H2. The van der Waals surface area contributed by atoms with Crippen LogP contribution in [0.2, 0.25) is 5.02 Å². The lowest BCUT2D eigenvalue weighted by Gasteiger charge is -2.32. The van der Waals surface area contributed by atoms with Gasteiger partial charge in [0.15, 0.2) is 11.5 Å². The molecule has 0 atom stereocenters. The number of nitrogens with one attached hydrogen (secondary N) is 1. The van der Waals surface area contributed by atoms with Crippen molar-refractivity contribution in [3.63, 3.8) is 0 Å². The number of hydrogen-bond acceptors (Lipinski definition) is 5. The predicted octanol–water partition coefficient (Wildman–Crippen LogP) is 3.30. The van der Waals surface area contributed by atoms with Gasteiger partial charge in [0.05, 0.1) is 4.90 Å². The molecule has 1 fully saturated rings. The first kappa shape index (κ1) is 20.5. The van der Waals surface area contributed by atoms with Crippen LogP contribution in [0.1, 0.15) is 18.4 Å². The molecule has 0 unspecified atom stereocenters. The van der Waals surface area contributed by atoms with Crippen molar-refractivity contribution in [2.75, 3.05) is 32.8 Å². The van der Waals surface area contributed by atoms with E-state index in [-0.39, 0.29) is 4.90 Å². The van der Waals surface area contributed by atoms with E-state index in [0.717, 1.165) is 43.1 Å². The minimum Gasteiger partial charge on any atom is -0.486 e. The maximum atomic E-state index is 12.7. The summed E-state index contributed by atoms with van der Waals surface area (Å²) in [5.74, 6) is 1.39. The molecular formula is C21H25ClN2O4S. The number of nitrogens with zero attached hydrogens (tertiary/aromatic N) is 1. The second kappa shape index (κ2) is 8.92. The van der Waals surface area contributed by atoms with Gasteiger partial charge in [-0.3, -0.25) is 4.90 Å². The summed E-state index contributed by atoms with van der Waals surface area (Å²) in [6.45, 7) is 4.04. The molecule has 29 heavy (non-hydrogen) atoms. The predicted molar refractivity (Wildman–Crippen MR) is 112 cm³/mol. The Morgan fingerprint density at radius 1 is 1.03 bits per heavy atom. The van der Waals surface area contributed by atoms with Crippen molar-refractivity contribution in [3.05, 3.63) is 53.1 Å². The highest BCUT2D eigenvalue weighted by Crippen LogP contribution is 2.32. The third-order valence-electron chi connectivity index (χ3n) is 5.44. The Kier molecular flexibility index (Phi) is 6.29. The number of fused-ring (bicyclic) bond motifs is 1. The highest BCUT2D eigenvalue weighted by Gasteiger charge is 2.23. The third-order valence-corrected chi connectivity index (χ3v) is 7.23. The fraction of sp³-hybridized carbons (Fsp3) is 0.429. The zero-order valence-electron chi connectivity index (χ0n) is 16.1. The molecule has 0 amide bonds. The molecule has 8 heteroatoms. The highest BCUT2D eigenvalue weighted by atomic mass is 35.5. The second-order valence-corrected chi connectivity index (χ2v) is 9.64. The number of hydrogen-bond donors (Lipinski definition) is 1. The van der Waals surface area contributed by atoms with Crippen LogP contribution in [-0.2, 0) is 16.6 Å². The largest absolute Gasteiger partial charge is 0.486 e. The van der Waals surface area contributed by atoms with Gasteiger partial charge in [-0.1, -0.05) is 29.8 Å². The SMILES string of the molecule is O=S(=O)(NCC1CCN(Cc2ccccc2Cl)CC1)c1ccc2c(c1)OCCO2. The lowest BCUT2D eigenvalue weighted by Crippen LogP contribution is -2.38. The molecule has 0 spiro atoms. The first-order chi connectivity index (χ1) is 14.0. The second-order valence-electron chi connectivity index (χ2n) is 7.47. The number of ether oxygens (including phenoxy) is 2. The summed E-state index contributed by atoms with van der Waals surface area (Å²) in [5, 5.41) is 0.793. The Bertz CT molecular complexity index is 959. The van der Waals surface area contributed by atoms with E-state index in [1.807, 2.05) is 18.2 Å². The number of piperidine rings is 1. The summed E-state index contributed by atoms with van der Waals surface area (Å²) in [7, 11) is -3.58. The maximum absolute atomic E-state index is 12.7. The van der Waals surface area contributed by atoms with E-state index in [1.54, 1.807) is 12.1 Å². The van der Waals surface area contributed by atoms with Gasteiger partial charge in [-0.25, -0.2) is 13.1 Å². The molecular weight excluding hydrogens is 412 g/mol. The zero-order chi connectivity index (χ0) is 20.3. The smallest absolute Gasteiger partial charge is 0.240 e. The lowest BCUT2D eigenvalue weighted by atomic mass is 9.97. The van der Waals surface area contributed by atoms with Crippen LogP contribution in [0.3, 0.4) is 0 Å². The highest BCUT2D eigenvalue weighted by molar-refractivity contribution is 7.89. The summed E-state index contributed by atoms with van der Waals surface area (Å²) < 4.78 is 39.0. The van der Waals surface area contributed by atoms with Crippen molar-refractivity contribution >= 4 is 21.6 Å². The van der Waals surface area contributed by atoms with Crippen LogP contribution < -0.4 is 14.2 Å². The van der Waals surface area contributed by atoms with E-state index < -0.39 is 10.0 Å². The van der Waals surface area contributed by atoms with Gasteiger partial charge in [-0.2, -0.15) is 0 Å². The molecule has 156 valence electrons. The average Bonchev–Trinajstić information content (AvgIpc) is 2.74. The summed E-state index contributed by atoms with van der Waals surface area (Å²) in [6.07, 6.45) is 1.90.